The summed E-state index contributed by atoms with van der Waals surface area (Å²) in [4.78, 5) is 16.2. The van der Waals surface area contributed by atoms with E-state index in [-0.39, 0.29) is 11.3 Å². The number of carbonyl (C=O) groups excluding carboxylic acids is 1. The minimum Gasteiger partial charge on any atom is -0.477 e. The van der Waals surface area contributed by atoms with Gasteiger partial charge < -0.3 is 14.8 Å². The molecule has 25 heavy (non-hydrogen) atoms. The number of aromatic nitrogens is 1. The van der Waals surface area contributed by atoms with E-state index in [0.29, 0.717) is 24.5 Å². The molecule has 0 saturated carbocycles. The number of carbonyl (C=O) groups is 1. The van der Waals surface area contributed by atoms with E-state index in [0.717, 1.165) is 32.1 Å². The molecular formula is C18H18F2N2O3. The summed E-state index contributed by atoms with van der Waals surface area (Å²) in [6.07, 6.45) is 3.28. The highest BCUT2D eigenvalue weighted by molar-refractivity contribution is 6.04. The van der Waals surface area contributed by atoms with Gasteiger partial charge >= 0.3 is 0 Å². The molecule has 1 aromatic carbocycles. The lowest BCUT2D eigenvalue weighted by atomic mass is 10.0. The predicted molar refractivity (Wildman–Crippen MR) is 87.6 cm³/mol. The fourth-order valence-electron chi connectivity index (χ4n) is 2.50. The van der Waals surface area contributed by atoms with Crippen LogP contribution in [0.3, 0.4) is 0 Å². The van der Waals surface area contributed by atoms with Crippen LogP contribution in [0.15, 0.2) is 36.5 Å². The number of nitrogens with one attached hydrogen (secondary N) is 1. The fraction of sp³-hybridized carbons (Fsp3) is 0.333. The monoisotopic (exact) mass is 348 g/mol. The Morgan fingerprint density at radius 2 is 2.04 bits per heavy atom. The van der Waals surface area contributed by atoms with Crippen LogP contribution in [0.1, 0.15) is 23.2 Å². The minimum absolute atomic E-state index is 0.0914. The van der Waals surface area contributed by atoms with Crippen molar-refractivity contribution in [3.8, 4) is 5.88 Å². The van der Waals surface area contributed by atoms with Gasteiger partial charge in [0, 0.05) is 31.5 Å². The third-order valence-corrected chi connectivity index (χ3v) is 3.99. The zero-order chi connectivity index (χ0) is 17.6. The van der Waals surface area contributed by atoms with E-state index >= 15 is 0 Å². The van der Waals surface area contributed by atoms with Crippen LogP contribution in [0.25, 0.3) is 0 Å². The number of hydrogen-bond donors (Lipinski definition) is 1. The molecule has 0 spiro atoms. The first-order valence-electron chi connectivity index (χ1n) is 8.05. The van der Waals surface area contributed by atoms with Crippen LogP contribution in [0.2, 0.25) is 0 Å². The topological polar surface area (TPSA) is 60.5 Å². The first-order chi connectivity index (χ1) is 12.1. The summed E-state index contributed by atoms with van der Waals surface area (Å²) < 4.78 is 37.4. The van der Waals surface area contributed by atoms with Crippen molar-refractivity contribution in [1.82, 2.24) is 4.98 Å². The summed E-state index contributed by atoms with van der Waals surface area (Å²) in [5.74, 6) is -1.20. The van der Waals surface area contributed by atoms with Gasteiger partial charge in [-0.05, 0) is 37.0 Å². The molecule has 0 bridgehead atoms. The quantitative estimate of drug-likeness (QED) is 0.899. The third-order valence-electron chi connectivity index (χ3n) is 3.99. The molecule has 0 unspecified atom stereocenters. The molecule has 0 radical (unpaired) electrons. The summed E-state index contributed by atoms with van der Waals surface area (Å²) in [6.45, 7) is 2.06. The van der Waals surface area contributed by atoms with Gasteiger partial charge in [0.05, 0.1) is 17.9 Å². The molecule has 5 nitrogen and oxygen atoms in total. The number of hydrogen-bond acceptors (Lipinski definition) is 4. The maximum absolute atomic E-state index is 13.6. The molecule has 1 aromatic heterocycles. The van der Waals surface area contributed by atoms with Crippen LogP contribution in [0.4, 0.5) is 14.5 Å². The Labute approximate surface area is 144 Å². The predicted octanol–water partition coefficient (Wildman–Crippen LogP) is 3.42. The van der Waals surface area contributed by atoms with Crippen molar-refractivity contribution in [3.05, 3.63) is 53.7 Å². The van der Waals surface area contributed by atoms with Crippen LogP contribution in [-0.4, -0.2) is 30.7 Å². The fourth-order valence-corrected chi connectivity index (χ4v) is 2.50. The van der Waals surface area contributed by atoms with Crippen molar-refractivity contribution >= 4 is 11.6 Å². The molecule has 2 heterocycles. The average Bonchev–Trinajstić information content (AvgIpc) is 2.63. The Morgan fingerprint density at radius 3 is 2.72 bits per heavy atom. The van der Waals surface area contributed by atoms with Crippen molar-refractivity contribution in [2.24, 2.45) is 5.92 Å². The standard InChI is InChI=1S/C18H18F2N2O3/c19-14-2-3-16(15(20)9-14)22-18(23)13-1-4-17(21-10-13)25-11-12-5-7-24-8-6-12/h1-4,9-10,12H,5-8,11H2,(H,22,23). The van der Waals surface area contributed by atoms with Gasteiger partial charge in [-0.2, -0.15) is 0 Å². The van der Waals surface area contributed by atoms with Gasteiger partial charge in [0.15, 0.2) is 0 Å². The Balaban J connectivity index is 1.56. The van der Waals surface area contributed by atoms with E-state index in [2.05, 4.69) is 10.3 Å². The minimum atomic E-state index is -0.835. The van der Waals surface area contributed by atoms with Crippen LogP contribution in [0, 0.1) is 17.6 Å². The van der Waals surface area contributed by atoms with Gasteiger partial charge in [0.25, 0.3) is 5.91 Å². The number of rotatable bonds is 5. The number of nitrogens with zero attached hydrogens (tertiary/aromatic N) is 1. The van der Waals surface area contributed by atoms with Gasteiger partial charge in [-0.1, -0.05) is 0 Å². The van der Waals surface area contributed by atoms with Gasteiger partial charge in [-0.15, -0.1) is 0 Å². The van der Waals surface area contributed by atoms with E-state index in [9.17, 15) is 13.6 Å². The highest BCUT2D eigenvalue weighted by Gasteiger charge is 2.15. The summed E-state index contributed by atoms with van der Waals surface area (Å²) in [7, 11) is 0. The lowest BCUT2D eigenvalue weighted by molar-refractivity contribution is 0.0490. The Bertz CT molecular complexity index is 732. The molecule has 2 aromatic rings. The van der Waals surface area contributed by atoms with Crippen LogP contribution in [-0.2, 0) is 4.74 Å². The van der Waals surface area contributed by atoms with Gasteiger partial charge in [0.1, 0.15) is 11.6 Å². The second-order valence-corrected chi connectivity index (χ2v) is 5.83. The number of amides is 1. The molecule has 132 valence electrons. The third kappa shape index (κ3) is 4.73. The normalized spacial score (nSPS) is 15.0. The van der Waals surface area contributed by atoms with Crippen LogP contribution in [0.5, 0.6) is 5.88 Å². The van der Waals surface area contributed by atoms with Crippen molar-refractivity contribution in [1.29, 1.82) is 0 Å². The second-order valence-electron chi connectivity index (χ2n) is 5.83. The second kappa shape index (κ2) is 8.02. The van der Waals surface area contributed by atoms with Gasteiger partial charge in [0.2, 0.25) is 5.88 Å². The zero-order valence-electron chi connectivity index (χ0n) is 13.5. The number of pyridine rings is 1. The van der Waals surface area contributed by atoms with Gasteiger partial charge in [-0.3, -0.25) is 4.79 Å². The van der Waals surface area contributed by atoms with Crippen molar-refractivity contribution in [3.63, 3.8) is 0 Å². The van der Waals surface area contributed by atoms with E-state index in [1.807, 2.05) is 0 Å². The van der Waals surface area contributed by atoms with E-state index in [1.54, 1.807) is 12.1 Å². The Kier molecular flexibility index (Phi) is 5.55. The molecule has 7 heteroatoms. The van der Waals surface area contributed by atoms with Crippen LogP contribution >= 0.6 is 0 Å². The lowest BCUT2D eigenvalue weighted by Crippen LogP contribution is -2.21. The lowest BCUT2D eigenvalue weighted by Gasteiger charge is -2.21. The smallest absolute Gasteiger partial charge is 0.257 e. The first kappa shape index (κ1) is 17.3. The maximum atomic E-state index is 13.6. The first-order valence-corrected chi connectivity index (χ1v) is 8.05. The summed E-state index contributed by atoms with van der Waals surface area (Å²) in [6, 6.07) is 6.09. The molecule has 0 aliphatic carbocycles. The zero-order valence-corrected chi connectivity index (χ0v) is 13.5. The SMILES string of the molecule is O=C(Nc1ccc(F)cc1F)c1ccc(OCC2CCOCC2)nc1. The van der Waals surface area contributed by atoms with Crippen molar-refractivity contribution in [2.45, 2.75) is 12.8 Å². The van der Waals surface area contributed by atoms with E-state index < -0.39 is 17.5 Å². The van der Waals surface area contributed by atoms with Crippen molar-refractivity contribution < 1.29 is 23.0 Å². The molecule has 1 N–H and O–H groups in total. The molecule has 0 atom stereocenters. The van der Waals surface area contributed by atoms with Gasteiger partial charge in [-0.25, -0.2) is 13.8 Å². The molecule has 1 aliphatic rings. The van der Waals surface area contributed by atoms with E-state index in [1.165, 1.54) is 12.3 Å². The van der Waals surface area contributed by atoms with Crippen LogP contribution < -0.4 is 10.1 Å². The molecule has 1 saturated heterocycles. The maximum Gasteiger partial charge on any atom is 0.257 e. The highest BCUT2D eigenvalue weighted by atomic mass is 19.1. The Hall–Kier alpha value is -2.54. The Morgan fingerprint density at radius 1 is 1.24 bits per heavy atom. The number of ether oxygens (including phenoxy) is 2. The summed E-state index contributed by atoms with van der Waals surface area (Å²) in [5.41, 5.74) is 0.161. The molecule has 1 amide bonds. The molecule has 1 fully saturated rings. The number of halogens is 2. The summed E-state index contributed by atoms with van der Waals surface area (Å²) >= 11 is 0. The molecule has 1 aliphatic heterocycles. The molecule has 3 rings (SSSR count). The van der Waals surface area contributed by atoms with Crippen molar-refractivity contribution in [2.75, 3.05) is 25.1 Å². The highest BCUT2D eigenvalue weighted by Crippen LogP contribution is 2.18. The average molecular weight is 348 g/mol. The molecular weight excluding hydrogens is 330 g/mol. The number of anilines is 1. The van der Waals surface area contributed by atoms with E-state index in [4.69, 9.17) is 9.47 Å². The number of benzene rings is 1. The summed E-state index contributed by atoms with van der Waals surface area (Å²) in [5, 5.41) is 2.38. The largest absolute Gasteiger partial charge is 0.477 e.